The SMILES string of the molecule is COc1ccc(C=O)nc1C(N)C(C)C. The molecule has 0 amide bonds. The molecule has 15 heavy (non-hydrogen) atoms. The van der Waals surface area contributed by atoms with Crippen LogP contribution in [0.1, 0.15) is 36.1 Å². The second kappa shape index (κ2) is 4.89. The lowest BCUT2D eigenvalue weighted by molar-refractivity contribution is 0.111. The van der Waals surface area contributed by atoms with E-state index in [0.29, 0.717) is 23.4 Å². The van der Waals surface area contributed by atoms with E-state index in [4.69, 9.17) is 10.5 Å². The molecule has 0 saturated carbocycles. The Morgan fingerprint density at radius 2 is 2.13 bits per heavy atom. The standard InChI is InChI=1S/C11H16N2O2/c1-7(2)10(12)11-9(15-3)5-4-8(6-14)13-11/h4-7,10H,12H2,1-3H3. The first-order valence-corrected chi connectivity index (χ1v) is 4.85. The molecule has 0 spiro atoms. The number of hydrogen-bond donors (Lipinski definition) is 1. The maximum atomic E-state index is 10.6. The van der Waals surface area contributed by atoms with Gasteiger partial charge in [0.25, 0.3) is 0 Å². The Morgan fingerprint density at radius 3 is 2.60 bits per heavy atom. The molecule has 0 fully saturated rings. The highest BCUT2D eigenvalue weighted by atomic mass is 16.5. The number of carbonyl (C=O) groups excluding carboxylic acids is 1. The minimum Gasteiger partial charge on any atom is -0.495 e. The minimum atomic E-state index is -0.222. The molecule has 82 valence electrons. The minimum absolute atomic E-state index is 0.222. The van der Waals surface area contributed by atoms with Crippen molar-refractivity contribution in [2.75, 3.05) is 7.11 Å². The Hall–Kier alpha value is -1.42. The zero-order valence-corrected chi connectivity index (χ0v) is 9.23. The quantitative estimate of drug-likeness (QED) is 0.762. The molecule has 4 nitrogen and oxygen atoms in total. The number of ether oxygens (including phenoxy) is 1. The summed E-state index contributed by atoms with van der Waals surface area (Å²) in [4.78, 5) is 14.8. The van der Waals surface area contributed by atoms with Crippen LogP contribution in [0.3, 0.4) is 0 Å². The van der Waals surface area contributed by atoms with Crippen LogP contribution in [-0.4, -0.2) is 18.4 Å². The summed E-state index contributed by atoms with van der Waals surface area (Å²) in [5.74, 6) is 0.870. The summed E-state index contributed by atoms with van der Waals surface area (Å²) in [5.41, 5.74) is 6.99. The summed E-state index contributed by atoms with van der Waals surface area (Å²) in [6.45, 7) is 4.00. The highest BCUT2D eigenvalue weighted by Crippen LogP contribution is 2.26. The van der Waals surface area contributed by atoms with Gasteiger partial charge in [-0.1, -0.05) is 13.8 Å². The Bertz CT molecular complexity index is 350. The van der Waals surface area contributed by atoms with E-state index in [9.17, 15) is 4.79 Å². The Kier molecular flexibility index (Phi) is 3.80. The fourth-order valence-corrected chi connectivity index (χ4v) is 1.27. The van der Waals surface area contributed by atoms with E-state index in [1.165, 1.54) is 0 Å². The summed E-state index contributed by atoms with van der Waals surface area (Å²) < 4.78 is 5.16. The second-order valence-electron chi connectivity index (χ2n) is 3.71. The lowest BCUT2D eigenvalue weighted by Gasteiger charge is -2.17. The van der Waals surface area contributed by atoms with Crippen LogP contribution in [0.2, 0.25) is 0 Å². The zero-order chi connectivity index (χ0) is 11.4. The summed E-state index contributed by atoms with van der Waals surface area (Å²) in [5, 5.41) is 0. The van der Waals surface area contributed by atoms with Crippen molar-refractivity contribution in [2.24, 2.45) is 11.7 Å². The number of rotatable bonds is 4. The predicted octanol–water partition coefficient (Wildman–Crippen LogP) is 1.56. The summed E-state index contributed by atoms with van der Waals surface area (Å²) in [6, 6.07) is 3.11. The molecule has 0 bridgehead atoms. The molecule has 1 unspecified atom stereocenters. The van der Waals surface area contributed by atoms with Crippen LogP contribution < -0.4 is 10.5 Å². The Balaban J connectivity index is 3.16. The molecule has 0 saturated heterocycles. The lowest BCUT2D eigenvalue weighted by Crippen LogP contribution is -2.19. The number of carbonyl (C=O) groups is 1. The van der Waals surface area contributed by atoms with Gasteiger partial charge in [-0.3, -0.25) is 4.79 Å². The smallest absolute Gasteiger partial charge is 0.168 e. The third-order valence-electron chi connectivity index (χ3n) is 2.28. The largest absolute Gasteiger partial charge is 0.495 e. The second-order valence-corrected chi connectivity index (χ2v) is 3.71. The van der Waals surface area contributed by atoms with Crippen molar-refractivity contribution in [1.82, 2.24) is 4.98 Å². The molecular formula is C11H16N2O2. The number of methoxy groups -OCH3 is 1. The predicted molar refractivity (Wildman–Crippen MR) is 57.9 cm³/mol. The van der Waals surface area contributed by atoms with Crippen LogP contribution >= 0.6 is 0 Å². The number of aromatic nitrogens is 1. The van der Waals surface area contributed by atoms with E-state index in [1.54, 1.807) is 19.2 Å². The van der Waals surface area contributed by atoms with Crippen molar-refractivity contribution in [2.45, 2.75) is 19.9 Å². The van der Waals surface area contributed by atoms with E-state index in [2.05, 4.69) is 4.98 Å². The van der Waals surface area contributed by atoms with Crippen molar-refractivity contribution in [1.29, 1.82) is 0 Å². The van der Waals surface area contributed by atoms with E-state index in [0.717, 1.165) is 0 Å². The third kappa shape index (κ3) is 2.53. The van der Waals surface area contributed by atoms with Crippen molar-refractivity contribution in [3.63, 3.8) is 0 Å². The van der Waals surface area contributed by atoms with Gasteiger partial charge in [0.05, 0.1) is 13.2 Å². The van der Waals surface area contributed by atoms with Gasteiger partial charge >= 0.3 is 0 Å². The monoisotopic (exact) mass is 208 g/mol. The molecule has 1 aromatic rings. The van der Waals surface area contributed by atoms with Gasteiger partial charge in [-0.2, -0.15) is 0 Å². The Morgan fingerprint density at radius 1 is 1.47 bits per heavy atom. The van der Waals surface area contributed by atoms with Gasteiger partial charge in [0.2, 0.25) is 0 Å². The van der Waals surface area contributed by atoms with Gasteiger partial charge in [-0.15, -0.1) is 0 Å². The van der Waals surface area contributed by atoms with Crippen molar-refractivity contribution in [3.8, 4) is 5.75 Å². The molecule has 0 radical (unpaired) electrons. The molecule has 1 rings (SSSR count). The van der Waals surface area contributed by atoms with Crippen LogP contribution in [0, 0.1) is 5.92 Å². The topological polar surface area (TPSA) is 65.2 Å². The van der Waals surface area contributed by atoms with E-state index in [1.807, 2.05) is 13.8 Å². The van der Waals surface area contributed by atoms with Gasteiger partial charge in [-0.05, 0) is 18.1 Å². The number of pyridine rings is 1. The average molecular weight is 208 g/mol. The molecular weight excluding hydrogens is 192 g/mol. The van der Waals surface area contributed by atoms with E-state index < -0.39 is 0 Å². The molecule has 2 N–H and O–H groups in total. The third-order valence-corrected chi connectivity index (χ3v) is 2.28. The maximum absolute atomic E-state index is 10.6. The fourth-order valence-electron chi connectivity index (χ4n) is 1.27. The van der Waals surface area contributed by atoms with Crippen molar-refractivity contribution < 1.29 is 9.53 Å². The van der Waals surface area contributed by atoms with Crippen LogP contribution in [0.25, 0.3) is 0 Å². The van der Waals surface area contributed by atoms with E-state index >= 15 is 0 Å². The van der Waals surface area contributed by atoms with Crippen molar-refractivity contribution in [3.05, 3.63) is 23.5 Å². The van der Waals surface area contributed by atoms with Gasteiger partial charge in [0.15, 0.2) is 6.29 Å². The normalized spacial score (nSPS) is 12.6. The number of hydrogen-bond acceptors (Lipinski definition) is 4. The molecule has 4 heteroatoms. The van der Waals surface area contributed by atoms with E-state index in [-0.39, 0.29) is 12.0 Å². The first-order valence-electron chi connectivity index (χ1n) is 4.85. The number of nitrogens with two attached hydrogens (primary N) is 1. The van der Waals surface area contributed by atoms with Crippen LogP contribution in [0.4, 0.5) is 0 Å². The van der Waals surface area contributed by atoms with Gasteiger partial charge in [0, 0.05) is 0 Å². The van der Waals surface area contributed by atoms with Crippen LogP contribution in [0.15, 0.2) is 12.1 Å². The summed E-state index contributed by atoms with van der Waals surface area (Å²) in [6.07, 6.45) is 0.704. The average Bonchev–Trinajstić information content (AvgIpc) is 2.27. The first kappa shape index (κ1) is 11.7. The van der Waals surface area contributed by atoms with Gasteiger partial charge in [0.1, 0.15) is 17.1 Å². The van der Waals surface area contributed by atoms with Gasteiger partial charge < -0.3 is 10.5 Å². The van der Waals surface area contributed by atoms with Crippen molar-refractivity contribution >= 4 is 6.29 Å². The number of aldehydes is 1. The summed E-state index contributed by atoms with van der Waals surface area (Å²) in [7, 11) is 1.56. The highest BCUT2D eigenvalue weighted by Gasteiger charge is 2.17. The van der Waals surface area contributed by atoms with Gasteiger partial charge in [-0.25, -0.2) is 4.98 Å². The first-order chi connectivity index (χ1) is 7.10. The molecule has 0 aromatic carbocycles. The molecule has 0 aliphatic carbocycles. The zero-order valence-electron chi connectivity index (χ0n) is 9.23. The maximum Gasteiger partial charge on any atom is 0.168 e. The molecule has 1 atom stereocenters. The Labute approximate surface area is 89.5 Å². The molecule has 1 heterocycles. The molecule has 0 aliphatic heterocycles. The molecule has 0 aliphatic rings. The van der Waals surface area contributed by atoms with Crippen LogP contribution in [0.5, 0.6) is 5.75 Å². The highest BCUT2D eigenvalue weighted by molar-refractivity contribution is 5.72. The number of nitrogens with zero attached hydrogens (tertiary/aromatic N) is 1. The lowest BCUT2D eigenvalue weighted by atomic mass is 10.0. The fraction of sp³-hybridized carbons (Fsp3) is 0.455. The van der Waals surface area contributed by atoms with Crippen LogP contribution in [-0.2, 0) is 0 Å². The summed E-state index contributed by atoms with van der Waals surface area (Å²) >= 11 is 0. The molecule has 1 aromatic heterocycles.